The molecule has 1 heterocycles. The molecule has 1 aromatic heterocycles. The molecule has 0 aliphatic heterocycles. The van der Waals surface area contributed by atoms with Crippen molar-refractivity contribution in [2.45, 2.75) is 33.1 Å². The fourth-order valence-electron chi connectivity index (χ4n) is 1.44. The highest BCUT2D eigenvalue weighted by Gasteiger charge is 2.12. The van der Waals surface area contributed by atoms with E-state index in [1.165, 1.54) is 11.3 Å². The van der Waals surface area contributed by atoms with Gasteiger partial charge in [-0.2, -0.15) is 0 Å². The van der Waals surface area contributed by atoms with E-state index in [9.17, 15) is 4.79 Å². The first-order chi connectivity index (χ1) is 7.65. The molecule has 0 aliphatic rings. The largest absolute Gasteiger partial charge is 0.396 e. The van der Waals surface area contributed by atoms with Crippen molar-refractivity contribution in [2.75, 3.05) is 13.2 Å². The molecule has 0 saturated carbocycles. The van der Waals surface area contributed by atoms with Gasteiger partial charge in [0.25, 0.3) is 5.91 Å². The van der Waals surface area contributed by atoms with Crippen LogP contribution in [0.25, 0.3) is 0 Å². The van der Waals surface area contributed by atoms with Gasteiger partial charge in [-0.3, -0.25) is 4.79 Å². The van der Waals surface area contributed by atoms with E-state index in [1.807, 2.05) is 13.8 Å². The van der Waals surface area contributed by atoms with Gasteiger partial charge in [-0.05, 0) is 33.1 Å². The van der Waals surface area contributed by atoms with E-state index in [4.69, 9.17) is 5.11 Å². The number of aliphatic hydroxyl groups is 1. The zero-order chi connectivity index (χ0) is 12.0. The van der Waals surface area contributed by atoms with Gasteiger partial charge >= 0.3 is 0 Å². The van der Waals surface area contributed by atoms with Gasteiger partial charge in [-0.1, -0.05) is 0 Å². The number of amides is 1. The minimum atomic E-state index is -0.0351. The van der Waals surface area contributed by atoms with Crippen LogP contribution in [0.15, 0.2) is 0 Å². The Labute approximate surface area is 99.7 Å². The summed E-state index contributed by atoms with van der Waals surface area (Å²) >= 11 is 1.43. The lowest BCUT2D eigenvalue weighted by molar-refractivity contribution is 0.0956. The van der Waals surface area contributed by atoms with E-state index in [2.05, 4.69) is 10.3 Å². The van der Waals surface area contributed by atoms with E-state index in [1.54, 1.807) is 0 Å². The molecule has 0 aliphatic carbocycles. The standard InChI is InChI=1S/C11H18N2O2S/c1-8-10(16-9(2)13-8)11(15)12-6-4-3-5-7-14/h14H,3-7H2,1-2H3,(H,12,15). The van der Waals surface area contributed by atoms with Crippen molar-refractivity contribution >= 4 is 17.2 Å². The molecule has 0 fully saturated rings. The molecule has 0 saturated heterocycles. The Balaban J connectivity index is 2.33. The van der Waals surface area contributed by atoms with Gasteiger partial charge in [-0.25, -0.2) is 4.98 Å². The molecule has 1 amide bonds. The topological polar surface area (TPSA) is 62.2 Å². The predicted molar refractivity (Wildman–Crippen MR) is 64.9 cm³/mol. The van der Waals surface area contributed by atoms with Crippen LogP contribution in [0.1, 0.15) is 39.6 Å². The summed E-state index contributed by atoms with van der Waals surface area (Å²) in [4.78, 5) is 16.6. The lowest BCUT2D eigenvalue weighted by Gasteiger charge is -2.03. The van der Waals surface area contributed by atoms with Crippen molar-refractivity contribution in [3.05, 3.63) is 15.6 Å². The van der Waals surface area contributed by atoms with Crippen molar-refractivity contribution < 1.29 is 9.90 Å². The van der Waals surface area contributed by atoms with Crippen LogP contribution in [-0.4, -0.2) is 29.1 Å². The smallest absolute Gasteiger partial charge is 0.263 e. The number of rotatable bonds is 6. The first-order valence-corrected chi connectivity index (χ1v) is 6.30. The summed E-state index contributed by atoms with van der Waals surface area (Å²) in [6.45, 7) is 4.64. The fourth-order valence-corrected chi connectivity index (χ4v) is 2.27. The van der Waals surface area contributed by atoms with Crippen molar-refractivity contribution in [1.29, 1.82) is 0 Å². The number of thiazole rings is 1. The predicted octanol–water partition coefficient (Wildman–Crippen LogP) is 1.65. The minimum Gasteiger partial charge on any atom is -0.396 e. The van der Waals surface area contributed by atoms with Crippen molar-refractivity contribution in [1.82, 2.24) is 10.3 Å². The van der Waals surface area contributed by atoms with E-state index < -0.39 is 0 Å². The van der Waals surface area contributed by atoms with Gasteiger partial charge < -0.3 is 10.4 Å². The third-order valence-corrected chi connectivity index (χ3v) is 3.30. The molecule has 4 nitrogen and oxygen atoms in total. The molecule has 90 valence electrons. The zero-order valence-electron chi connectivity index (χ0n) is 9.75. The number of aliphatic hydroxyl groups excluding tert-OH is 1. The van der Waals surface area contributed by atoms with Gasteiger partial charge in [0.2, 0.25) is 0 Å². The Morgan fingerprint density at radius 2 is 2.12 bits per heavy atom. The number of carbonyl (C=O) groups is 1. The first kappa shape index (κ1) is 13.1. The number of hydrogen-bond donors (Lipinski definition) is 2. The molecular formula is C11H18N2O2S. The number of aryl methyl sites for hydroxylation is 2. The van der Waals surface area contributed by atoms with Gasteiger partial charge in [0.1, 0.15) is 4.88 Å². The molecule has 1 rings (SSSR count). The Hall–Kier alpha value is -0.940. The highest BCUT2D eigenvalue weighted by Crippen LogP contribution is 2.16. The third kappa shape index (κ3) is 3.90. The van der Waals surface area contributed by atoms with Gasteiger partial charge in [-0.15, -0.1) is 11.3 Å². The van der Waals surface area contributed by atoms with Crippen LogP contribution >= 0.6 is 11.3 Å². The first-order valence-electron chi connectivity index (χ1n) is 5.48. The van der Waals surface area contributed by atoms with Gasteiger partial charge in [0.15, 0.2) is 0 Å². The Bertz CT molecular complexity index is 350. The summed E-state index contributed by atoms with van der Waals surface area (Å²) in [7, 11) is 0. The number of carbonyl (C=O) groups excluding carboxylic acids is 1. The lowest BCUT2D eigenvalue weighted by Crippen LogP contribution is -2.24. The molecule has 1 aromatic rings. The molecule has 0 spiro atoms. The van der Waals surface area contributed by atoms with E-state index in [0.29, 0.717) is 11.4 Å². The summed E-state index contributed by atoms with van der Waals surface area (Å²) < 4.78 is 0. The molecule has 0 atom stereocenters. The monoisotopic (exact) mass is 242 g/mol. The Morgan fingerprint density at radius 1 is 1.38 bits per heavy atom. The number of nitrogens with one attached hydrogen (secondary N) is 1. The molecular weight excluding hydrogens is 224 g/mol. The average Bonchev–Trinajstić information content (AvgIpc) is 2.57. The Kier molecular flexibility index (Phi) is 5.42. The fraction of sp³-hybridized carbons (Fsp3) is 0.636. The van der Waals surface area contributed by atoms with Crippen LogP contribution in [0, 0.1) is 13.8 Å². The summed E-state index contributed by atoms with van der Waals surface area (Å²) in [6.07, 6.45) is 2.65. The SMILES string of the molecule is Cc1nc(C)c(C(=O)NCCCCCO)s1. The zero-order valence-corrected chi connectivity index (χ0v) is 10.6. The summed E-state index contributed by atoms with van der Waals surface area (Å²) in [5, 5.41) is 12.4. The van der Waals surface area contributed by atoms with Crippen molar-refractivity contribution in [3.63, 3.8) is 0 Å². The second-order valence-corrected chi connectivity index (χ2v) is 4.89. The molecule has 0 unspecified atom stereocenters. The molecule has 2 N–H and O–H groups in total. The lowest BCUT2D eigenvalue weighted by atomic mass is 10.2. The van der Waals surface area contributed by atoms with Crippen LogP contribution < -0.4 is 5.32 Å². The van der Waals surface area contributed by atoms with E-state index in [-0.39, 0.29) is 12.5 Å². The second kappa shape index (κ2) is 6.60. The van der Waals surface area contributed by atoms with Crippen LogP contribution in [-0.2, 0) is 0 Å². The molecule has 5 heteroatoms. The van der Waals surface area contributed by atoms with Gasteiger partial charge in [0.05, 0.1) is 10.7 Å². The number of nitrogens with zero attached hydrogens (tertiary/aromatic N) is 1. The average molecular weight is 242 g/mol. The van der Waals surface area contributed by atoms with Gasteiger partial charge in [0, 0.05) is 13.2 Å². The van der Waals surface area contributed by atoms with Crippen molar-refractivity contribution in [2.24, 2.45) is 0 Å². The maximum atomic E-state index is 11.7. The van der Waals surface area contributed by atoms with Crippen LogP contribution in [0.5, 0.6) is 0 Å². The summed E-state index contributed by atoms with van der Waals surface area (Å²) in [5.74, 6) is -0.0351. The van der Waals surface area contributed by atoms with E-state index in [0.717, 1.165) is 30.0 Å². The molecule has 0 aromatic carbocycles. The maximum Gasteiger partial charge on any atom is 0.263 e. The Morgan fingerprint density at radius 3 is 2.69 bits per heavy atom. The van der Waals surface area contributed by atoms with Crippen LogP contribution in [0.3, 0.4) is 0 Å². The quantitative estimate of drug-likeness (QED) is 0.746. The second-order valence-electron chi connectivity index (χ2n) is 3.69. The van der Waals surface area contributed by atoms with Crippen molar-refractivity contribution in [3.8, 4) is 0 Å². The number of unbranched alkanes of at least 4 members (excludes halogenated alkanes) is 2. The summed E-state index contributed by atoms with van der Waals surface area (Å²) in [6, 6.07) is 0. The van der Waals surface area contributed by atoms with E-state index >= 15 is 0 Å². The molecule has 0 radical (unpaired) electrons. The minimum absolute atomic E-state index is 0.0351. The number of hydrogen-bond acceptors (Lipinski definition) is 4. The number of aromatic nitrogens is 1. The van der Waals surface area contributed by atoms with Crippen LogP contribution in [0.2, 0.25) is 0 Å². The molecule has 16 heavy (non-hydrogen) atoms. The highest BCUT2D eigenvalue weighted by atomic mass is 32.1. The highest BCUT2D eigenvalue weighted by molar-refractivity contribution is 7.13. The normalized spacial score (nSPS) is 10.4. The third-order valence-electron chi connectivity index (χ3n) is 2.23. The summed E-state index contributed by atoms with van der Waals surface area (Å²) in [5.41, 5.74) is 0.801. The van der Waals surface area contributed by atoms with Crippen LogP contribution in [0.4, 0.5) is 0 Å². The maximum absolute atomic E-state index is 11.7. The molecule has 0 bridgehead atoms.